The quantitative estimate of drug-likeness (QED) is 0.242. The van der Waals surface area contributed by atoms with Crippen LogP contribution in [0.4, 0.5) is 0 Å². The number of carbonyl (C=O) groups is 2. The van der Waals surface area contributed by atoms with Crippen LogP contribution in [-0.2, 0) is 9.59 Å². The molecule has 0 amide bonds. The van der Waals surface area contributed by atoms with E-state index in [1.54, 1.807) is 30.3 Å². The summed E-state index contributed by atoms with van der Waals surface area (Å²) in [6, 6.07) is 8.42. The molecule has 0 aliphatic rings. The van der Waals surface area contributed by atoms with E-state index in [0.29, 0.717) is 12.0 Å². The van der Waals surface area contributed by atoms with Gasteiger partial charge in [0.1, 0.15) is 12.0 Å². The molecule has 0 bridgehead atoms. The van der Waals surface area contributed by atoms with Crippen LogP contribution in [0.2, 0.25) is 0 Å². The summed E-state index contributed by atoms with van der Waals surface area (Å²) < 4.78 is 4.76. The zero-order valence-electron chi connectivity index (χ0n) is 6.64. The highest BCUT2D eigenvalue weighted by Gasteiger charge is 2.15. The smallest absolute Gasteiger partial charge is 0.336 e. The molecular weight excluding hydrogens is 192 g/mol. The van der Waals surface area contributed by atoms with Crippen LogP contribution in [0.5, 0.6) is 5.75 Å². The molecule has 68 valence electrons. The van der Waals surface area contributed by atoms with Crippen molar-refractivity contribution < 1.29 is 14.3 Å². The normalized spacial score (nSPS) is 11.8. The lowest BCUT2D eigenvalue weighted by Crippen LogP contribution is -2.21. The number of rotatable bonds is 3. The van der Waals surface area contributed by atoms with E-state index in [9.17, 15) is 9.59 Å². The van der Waals surface area contributed by atoms with Gasteiger partial charge in [-0.1, -0.05) is 18.2 Å². The molecule has 0 radical (unpaired) electrons. The topological polar surface area (TPSA) is 43.4 Å². The summed E-state index contributed by atoms with van der Waals surface area (Å²) in [5.41, 5.74) is 0. The lowest BCUT2D eigenvalue weighted by atomic mass is 10.3. The molecule has 0 fully saturated rings. The highest BCUT2D eigenvalue weighted by Crippen LogP contribution is 2.10. The Hall–Kier alpha value is -1.35. The van der Waals surface area contributed by atoms with Crippen molar-refractivity contribution in [1.82, 2.24) is 0 Å². The van der Waals surface area contributed by atoms with Gasteiger partial charge in [-0.05, 0) is 12.1 Å². The number of benzene rings is 1. The third kappa shape index (κ3) is 2.87. The molecule has 0 N–H and O–H groups in total. The Bertz CT molecular complexity index is 297. The van der Waals surface area contributed by atoms with Gasteiger partial charge < -0.3 is 9.53 Å². The molecule has 0 aromatic heterocycles. The Balaban J connectivity index is 2.60. The molecular formula is C9H7ClO3. The summed E-state index contributed by atoms with van der Waals surface area (Å²) >= 11 is 5.32. The SMILES string of the molecule is O=CC(Cl)C(=O)Oc1ccccc1. The molecule has 13 heavy (non-hydrogen) atoms. The molecule has 0 spiro atoms. The van der Waals surface area contributed by atoms with Crippen LogP contribution < -0.4 is 4.74 Å². The summed E-state index contributed by atoms with van der Waals surface area (Å²) in [4.78, 5) is 21.1. The Morgan fingerprint density at radius 3 is 2.54 bits per heavy atom. The lowest BCUT2D eigenvalue weighted by Gasteiger charge is -2.03. The predicted octanol–water partition coefficient (Wildman–Crippen LogP) is 1.40. The van der Waals surface area contributed by atoms with Gasteiger partial charge in [0.25, 0.3) is 0 Å². The van der Waals surface area contributed by atoms with E-state index >= 15 is 0 Å². The maximum atomic E-state index is 11.0. The molecule has 0 heterocycles. The van der Waals surface area contributed by atoms with Crippen LogP contribution in [0.25, 0.3) is 0 Å². The van der Waals surface area contributed by atoms with Crippen molar-refractivity contribution in [3.05, 3.63) is 30.3 Å². The van der Waals surface area contributed by atoms with Gasteiger partial charge >= 0.3 is 5.97 Å². The molecule has 4 heteroatoms. The van der Waals surface area contributed by atoms with Crippen LogP contribution in [0.3, 0.4) is 0 Å². The van der Waals surface area contributed by atoms with E-state index < -0.39 is 11.3 Å². The fraction of sp³-hybridized carbons (Fsp3) is 0.111. The van der Waals surface area contributed by atoms with E-state index in [4.69, 9.17) is 16.3 Å². The van der Waals surface area contributed by atoms with E-state index in [0.717, 1.165) is 0 Å². The summed E-state index contributed by atoms with van der Waals surface area (Å²) in [5.74, 6) is -0.386. The molecule has 1 aromatic rings. The summed E-state index contributed by atoms with van der Waals surface area (Å²) in [7, 11) is 0. The number of alkyl halides is 1. The summed E-state index contributed by atoms with van der Waals surface area (Å²) in [6.07, 6.45) is 0.326. The minimum absolute atomic E-state index is 0.326. The fourth-order valence-corrected chi connectivity index (χ4v) is 0.761. The monoisotopic (exact) mass is 198 g/mol. The van der Waals surface area contributed by atoms with Crippen molar-refractivity contribution in [1.29, 1.82) is 0 Å². The van der Waals surface area contributed by atoms with Gasteiger partial charge in [-0.25, -0.2) is 4.79 Å². The second kappa shape index (κ2) is 4.62. The minimum Gasteiger partial charge on any atom is -0.425 e. The molecule has 1 rings (SSSR count). The first-order valence-corrected chi connectivity index (χ1v) is 4.04. The van der Waals surface area contributed by atoms with Crippen LogP contribution in [0, 0.1) is 0 Å². The zero-order chi connectivity index (χ0) is 9.68. The number of hydrogen-bond donors (Lipinski definition) is 0. The molecule has 1 aromatic carbocycles. The van der Waals surface area contributed by atoms with Gasteiger partial charge in [0.15, 0.2) is 5.38 Å². The second-order valence-corrected chi connectivity index (χ2v) is 2.74. The van der Waals surface area contributed by atoms with Crippen molar-refractivity contribution in [2.45, 2.75) is 5.38 Å². The zero-order valence-corrected chi connectivity index (χ0v) is 7.40. The minimum atomic E-state index is -1.24. The number of carbonyl (C=O) groups excluding carboxylic acids is 2. The second-order valence-electron chi connectivity index (χ2n) is 2.27. The van der Waals surface area contributed by atoms with Gasteiger partial charge in [-0.3, -0.25) is 0 Å². The van der Waals surface area contributed by atoms with Crippen molar-refractivity contribution in [3.63, 3.8) is 0 Å². The standard InChI is InChI=1S/C9H7ClO3/c10-8(6-11)9(12)13-7-4-2-1-3-5-7/h1-6,8H. The first-order valence-electron chi connectivity index (χ1n) is 3.60. The number of halogens is 1. The number of aldehydes is 1. The maximum Gasteiger partial charge on any atom is 0.336 e. The van der Waals surface area contributed by atoms with Crippen molar-refractivity contribution in [3.8, 4) is 5.75 Å². The predicted molar refractivity (Wildman–Crippen MR) is 47.8 cm³/mol. The Morgan fingerprint density at radius 2 is 2.00 bits per heavy atom. The molecule has 3 nitrogen and oxygen atoms in total. The molecule has 0 saturated carbocycles. The third-order valence-corrected chi connectivity index (χ3v) is 1.59. The third-order valence-electron chi connectivity index (χ3n) is 1.31. The fourth-order valence-electron chi connectivity index (χ4n) is 0.717. The van der Waals surface area contributed by atoms with Gasteiger partial charge in [-0.2, -0.15) is 0 Å². The lowest BCUT2D eigenvalue weighted by molar-refractivity contribution is -0.135. The Labute approximate surface area is 80.3 Å². The first kappa shape index (κ1) is 9.74. The summed E-state index contributed by atoms with van der Waals surface area (Å²) in [5, 5.41) is -1.24. The van der Waals surface area contributed by atoms with Gasteiger partial charge in [0.05, 0.1) is 0 Å². The number of esters is 1. The molecule has 1 atom stereocenters. The number of para-hydroxylation sites is 1. The first-order chi connectivity index (χ1) is 6.24. The Morgan fingerprint density at radius 1 is 1.38 bits per heavy atom. The largest absolute Gasteiger partial charge is 0.425 e. The van der Waals surface area contributed by atoms with Crippen molar-refractivity contribution in [2.24, 2.45) is 0 Å². The van der Waals surface area contributed by atoms with Crippen LogP contribution in [0.1, 0.15) is 0 Å². The van der Waals surface area contributed by atoms with E-state index in [1.165, 1.54) is 0 Å². The molecule has 0 aliphatic carbocycles. The van der Waals surface area contributed by atoms with E-state index in [1.807, 2.05) is 0 Å². The summed E-state index contributed by atoms with van der Waals surface area (Å²) in [6.45, 7) is 0. The van der Waals surface area contributed by atoms with Crippen LogP contribution in [0.15, 0.2) is 30.3 Å². The average Bonchev–Trinajstić information content (AvgIpc) is 2.18. The Kier molecular flexibility index (Phi) is 3.46. The van der Waals surface area contributed by atoms with Gasteiger partial charge in [0.2, 0.25) is 0 Å². The maximum absolute atomic E-state index is 11.0. The highest BCUT2D eigenvalue weighted by molar-refractivity contribution is 6.37. The van der Waals surface area contributed by atoms with Crippen molar-refractivity contribution >= 4 is 23.9 Å². The van der Waals surface area contributed by atoms with E-state index in [2.05, 4.69) is 0 Å². The number of hydrogen-bond acceptors (Lipinski definition) is 3. The molecule has 1 unspecified atom stereocenters. The van der Waals surface area contributed by atoms with E-state index in [-0.39, 0.29) is 0 Å². The van der Waals surface area contributed by atoms with Crippen LogP contribution in [-0.4, -0.2) is 17.6 Å². The number of ether oxygens (including phenoxy) is 1. The van der Waals surface area contributed by atoms with Gasteiger partial charge in [0, 0.05) is 0 Å². The van der Waals surface area contributed by atoms with Crippen molar-refractivity contribution in [2.75, 3.05) is 0 Å². The molecule has 0 saturated heterocycles. The molecule has 0 aliphatic heterocycles. The van der Waals surface area contributed by atoms with Gasteiger partial charge in [-0.15, -0.1) is 11.6 Å². The highest BCUT2D eigenvalue weighted by atomic mass is 35.5. The average molecular weight is 199 g/mol. The van der Waals surface area contributed by atoms with Crippen LogP contribution >= 0.6 is 11.6 Å².